The van der Waals surface area contributed by atoms with Crippen LogP contribution in [0.1, 0.15) is 11.1 Å². The van der Waals surface area contributed by atoms with Crippen LogP contribution in [0, 0.1) is 41.8 Å². The van der Waals surface area contributed by atoms with Gasteiger partial charge in [0, 0.05) is 5.56 Å². The van der Waals surface area contributed by atoms with Crippen molar-refractivity contribution in [3.05, 3.63) is 101 Å². The van der Waals surface area contributed by atoms with Crippen molar-refractivity contribution in [1.29, 1.82) is 0 Å². The van der Waals surface area contributed by atoms with Gasteiger partial charge in [-0.2, -0.15) is 13.2 Å². The molecule has 4 rings (SSSR count). The Labute approximate surface area is 181 Å². The highest BCUT2D eigenvalue weighted by molar-refractivity contribution is 5.88. The maximum atomic E-state index is 14.7. The molecule has 0 bridgehead atoms. The number of fused-ring (bicyclic) bond motifs is 1. The van der Waals surface area contributed by atoms with Crippen molar-refractivity contribution < 1.29 is 39.9 Å². The van der Waals surface area contributed by atoms with Crippen LogP contribution in [0.5, 0.6) is 5.75 Å². The van der Waals surface area contributed by atoms with Crippen molar-refractivity contribution in [2.45, 2.75) is 13.0 Å². The van der Waals surface area contributed by atoms with Gasteiger partial charge in [0.05, 0.1) is 10.9 Å². The smallest absolute Gasteiger partial charge is 0.426 e. The molecule has 0 aliphatic carbocycles. The van der Waals surface area contributed by atoms with Gasteiger partial charge >= 0.3 is 6.11 Å². The molecule has 4 aromatic rings. The van der Waals surface area contributed by atoms with E-state index in [-0.39, 0.29) is 5.56 Å². The molecule has 9 heteroatoms. The van der Waals surface area contributed by atoms with E-state index in [1.165, 1.54) is 12.1 Å². The minimum Gasteiger partial charge on any atom is -0.426 e. The number of rotatable bonds is 4. The summed E-state index contributed by atoms with van der Waals surface area (Å²) < 4.78 is 118. The summed E-state index contributed by atoms with van der Waals surface area (Å²) in [5.41, 5.74) is -0.853. The molecule has 0 spiro atoms. The van der Waals surface area contributed by atoms with Crippen LogP contribution in [0.25, 0.3) is 21.9 Å². The molecule has 0 unspecified atom stereocenters. The van der Waals surface area contributed by atoms with Crippen molar-refractivity contribution in [2.24, 2.45) is 0 Å². The molecule has 170 valence electrons. The fourth-order valence-electron chi connectivity index (χ4n) is 3.32. The summed E-state index contributed by atoms with van der Waals surface area (Å²) in [4.78, 5) is 0. The summed E-state index contributed by atoms with van der Waals surface area (Å²) >= 11 is 0. The van der Waals surface area contributed by atoms with Crippen LogP contribution in [0.15, 0.2) is 54.6 Å². The number of halogens is 8. The van der Waals surface area contributed by atoms with Gasteiger partial charge < -0.3 is 4.74 Å². The highest BCUT2D eigenvalue weighted by Crippen LogP contribution is 2.37. The second-order valence-electron chi connectivity index (χ2n) is 7.27. The molecule has 0 atom stereocenters. The fourth-order valence-corrected chi connectivity index (χ4v) is 3.32. The molecule has 1 nitrogen and oxygen atoms in total. The summed E-state index contributed by atoms with van der Waals surface area (Å²) in [6.45, 7) is 1.67. The molecule has 0 saturated heterocycles. The van der Waals surface area contributed by atoms with Gasteiger partial charge in [-0.15, -0.1) is 0 Å². The third kappa shape index (κ3) is 3.99. The lowest BCUT2D eigenvalue weighted by molar-refractivity contribution is -0.187. The van der Waals surface area contributed by atoms with Gasteiger partial charge in [0.15, 0.2) is 29.0 Å². The summed E-state index contributed by atoms with van der Waals surface area (Å²) in [5.74, 6) is -11.2. The first-order chi connectivity index (χ1) is 15.5. The van der Waals surface area contributed by atoms with E-state index in [1.807, 2.05) is 0 Å². The predicted molar refractivity (Wildman–Crippen MR) is 105 cm³/mol. The highest BCUT2D eigenvalue weighted by Gasteiger charge is 2.36. The van der Waals surface area contributed by atoms with Crippen LogP contribution < -0.4 is 4.74 Å². The normalized spacial score (nSPS) is 11.8. The minimum atomic E-state index is -3.99. The van der Waals surface area contributed by atoms with Gasteiger partial charge in [0.1, 0.15) is 5.82 Å². The Morgan fingerprint density at radius 3 is 2.00 bits per heavy atom. The Bertz CT molecular complexity index is 1380. The molecule has 0 heterocycles. The molecule has 0 radical (unpaired) electrons. The molecule has 33 heavy (non-hydrogen) atoms. The fraction of sp³-hybridized carbons (Fsp3) is 0.0833. The van der Waals surface area contributed by atoms with Gasteiger partial charge in [-0.1, -0.05) is 17.7 Å². The van der Waals surface area contributed by atoms with Gasteiger partial charge in [-0.3, -0.25) is 0 Å². The van der Waals surface area contributed by atoms with E-state index in [0.717, 1.165) is 24.3 Å². The molecular formula is C24H12F8O. The monoisotopic (exact) mass is 468 g/mol. The first kappa shape index (κ1) is 22.6. The zero-order valence-electron chi connectivity index (χ0n) is 16.6. The SMILES string of the molecule is Cc1ccc(C(F)(F)Oc2ccc(-c3cc(F)c4c(F)c(F)c(F)cc4c3)c(F)c2F)cc1. The van der Waals surface area contributed by atoms with E-state index in [4.69, 9.17) is 0 Å². The van der Waals surface area contributed by atoms with Crippen molar-refractivity contribution in [3.8, 4) is 16.9 Å². The summed E-state index contributed by atoms with van der Waals surface area (Å²) in [6, 6.07) is 8.45. The predicted octanol–water partition coefficient (Wildman–Crippen LogP) is 7.78. The zero-order chi connectivity index (χ0) is 24.1. The van der Waals surface area contributed by atoms with E-state index in [1.54, 1.807) is 6.92 Å². The lowest BCUT2D eigenvalue weighted by Gasteiger charge is -2.19. The number of aryl methyl sites for hydroxylation is 1. The Hall–Kier alpha value is -3.62. The van der Waals surface area contributed by atoms with Crippen molar-refractivity contribution in [2.75, 3.05) is 0 Å². The van der Waals surface area contributed by atoms with E-state index < -0.39 is 68.7 Å². The Morgan fingerprint density at radius 2 is 1.33 bits per heavy atom. The van der Waals surface area contributed by atoms with Crippen LogP contribution in [0.2, 0.25) is 0 Å². The van der Waals surface area contributed by atoms with E-state index in [9.17, 15) is 35.1 Å². The quantitative estimate of drug-likeness (QED) is 0.220. The van der Waals surface area contributed by atoms with E-state index >= 15 is 0 Å². The first-order valence-corrected chi connectivity index (χ1v) is 9.38. The number of hydrogen-bond donors (Lipinski definition) is 0. The molecule has 0 aliphatic heterocycles. The van der Waals surface area contributed by atoms with Crippen molar-refractivity contribution >= 4 is 10.8 Å². The minimum absolute atomic E-state index is 0.362. The van der Waals surface area contributed by atoms with Crippen molar-refractivity contribution in [3.63, 3.8) is 0 Å². The molecule has 0 aromatic heterocycles. The number of ether oxygens (including phenoxy) is 1. The van der Waals surface area contributed by atoms with Crippen molar-refractivity contribution in [1.82, 2.24) is 0 Å². The maximum absolute atomic E-state index is 14.7. The standard InChI is InChI=1S/C24H12F8O/c1-11-2-4-14(5-3-11)24(31,32)33-18-7-6-15(20(27)22(18)29)12-8-13-10-17(26)21(28)23(30)19(13)16(25)9-12/h2-10H,1H3. The second-order valence-corrected chi connectivity index (χ2v) is 7.27. The van der Waals surface area contributed by atoms with E-state index in [0.29, 0.717) is 23.8 Å². The van der Waals surface area contributed by atoms with Crippen LogP contribution in [0.3, 0.4) is 0 Å². The molecule has 4 aromatic carbocycles. The Morgan fingerprint density at radius 1 is 0.667 bits per heavy atom. The number of benzene rings is 4. The summed E-state index contributed by atoms with van der Waals surface area (Å²) in [5, 5.41) is -1.33. The molecule has 0 amide bonds. The molecular weight excluding hydrogens is 456 g/mol. The lowest BCUT2D eigenvalue weighted by Crippen LogP contribution is -2.22. The van der Waals surface area contributed by atoms with Crippen LogP contribution >= 0.6 is 0 Å². The van der Waals surface area contributed by atoms with E-state index in [2.05, 4.69) is 4.74 Å². The third-order valence-corrected chi connectivity index (χ3v) is 5.01. The zero-order valence-corrected chi connectivity index (χ0v) is 16.6. The maximum Gasteiger partial charge on any atom is 0.426 e. The first-order valence-electron chi connectivity index (χ1n) is 9.38. The van der Waals surface area contributed by atoms with Gasteiger partial charge in [0.2, 0.25) is 5.82 Å². The summed E-state index contributed by atoms with van der Waals surface area (Å²) in [6.07, 6.45) is -3.99. The van der Waals surface area contributed by atoms with Crippen LogP contribution in [-0.2, 0) is 6.11 Å². The summed E-state index contributed by atoms with van der Waals surface area (Å²) in [7, 11) is 0. The third-order valence-electron chi connectivity index (χ3n) is 5.01. The second kappa shape index (κ2) is 8.06. The highest BCUT2D eigenvalue weighted by atomic mass is 19.3. The number of hydrogen-bond acceptors (Lipinski definition) is 1. The topological polar surface area (TPSA) is 9.23 Å². The van der Waals surface area contributed by atoms with Gasteiger partial charge in [-0.05, 0) is 60.3 Å². The van der Waals surface area contributed by atoms with Gasteiger partial charge in [-0.25, -0.2) is 22.0 Å². The van der Waals surface area contributed by atoms with Crippen LogP contribution in [-0.4, -0.2) is 0 Å². The molecule has 0 N–H and O–H groups in total. The average molecular weight is 468 g/mol. The Kier molecular flexibility index (Phi) is 5.51. The molecule has 0 saturated carbocycles. The largest absolute Gasteiger partial charge is 0.426 e. The van der Waals surface area contributed by atoms with Gasteiger partial charge in [0.25, 0.3) is 0 Å². The molecule has 0 aliphatic rings. The Balaban J connectivity index is 1.75. The molecule has 0 fully saturated rings. The lowest BCUT2D eigenvalue weighted by atomic mass is 9.99. The average Bonchev–Trinajstić information content (AvgIpc) is 2.75. The van der Waals surface area contributed by atoms with Crippen LogP contribution in [0.4, 0.5) is 35.1 Å². The number of alkyl halides is 2.